The molecule has 3 heteroatoms. The highest BCUT2D eigenvalue weighted by molar-refractivity contribution is 9.09. The van der Waals surface area contributed by atoms with Gasteiger partial charge in [-0.1, -0.05) is 46.3 Å². The Bertz CT molecular complexity index is 268. The van der Waals surface area contributed by atoms with Crippen LogP contribution in [0.2, 0.25) is 19.6 Å². The molecule has 0 heterocycles. The average molecular weight is 273 g/mol. The van der Waals surface area contributed by atoms with E-state index >= 15 is 0 Å². The lowest BCUT2D eigenvalue weighted by Gasteiger charge is -2.25. The Kier molecular flexibility index (Phi) is 4.35. The van der Waals surface area contributed by atoms with Gasteiger partial charge in [0.1, 0.15) is 0 Å². The van der Waals surface area contributed by atoms with E-state index in [2.05, 4.69) is 59.8 Å². The zero-order valence-corrected chi connectivity index (χ0v) is 11.5. The highest BCUT2D eigenvalue weighted by Crippen LogP contribution is 2.23. The van der Waals surface area contributed by atoms with Gasteiger partial charge in [-0.3, -0.25) is 0 Å². The van der Waals surface area contributed by atoms with Gasteiger partial charge in [-0.2, -0.15) is 0 Å². The Morgan fingerprint density at radius 1 is 1.21 bits per heavy atom. The van der Waals surface area contributed by atoms with Crippen LogP contribution in [-0.2, 0) is 4.43 Å². The van der Waals surface area contributed by atoms with Crippen LogP contribution in [0, 0.1) is 0 Å². The molecule has 78 valence electrons. The van der Waals surface area contributed by atoms with Crippen molar-refractivity contribution >= 4 is 24.2 Å². The molecule has 1 nitrogen and oxygen atoms in total. The summed E-state index contributed by atoms with van der Waals surface area (Å²) in [5.41, 5.74) is 1.26. The first-order valence-electron chi connectivity index (χ1n) is 4.81. The first kappa shape index (κ1) is 11.9. The second-order valence-electron chi connectivity index (χ2n) is 4.28. The monoisotopic (exact) mass is 272 g/mol. The van der Waals surface area contributed by atoms with Crippen molar-refractivity contribution in [3.8, 4) is 0 Å². The fraction of sp³-hybridized carbons (Fsp3) is 0.455. The Hall–Kier alpha value is -0.123. The predicted octanol–water partition coefficient (Wildman–Crippen LogP) is 3.97. The van der Waals surface area contributed by atoms with Crippen molar-refractivity contribution in [2.45, 2.75) is 25.7 Å². The highest BCUT2D eigenvalue weighted by atomic mass is 79.9. The molecule has 0 aliphatic carbocycles. The molecule has 0 radical (unpaired) electrons. The SMILES string of the molecule is C[Si](C)(C)OC(CBr)c1ccccc1. The Balaban J connectivity index is 2.73. The fourth-order valence-electron chi connectivity index (χ4n) is 1.28. The molecule has 1 unspecified atom stereocenters. The average Bonchev–Trinajstić information content (AvgIpc) is 2.14. The van der Waals surface area contributed by atoms with Crippen molar-refractivity contribution in [3.63, 3.8) is 0 Å². The molecule has 1 aromatic carbocycles. The number of rotatable bonds is 4. The van der Waals surface area contributed by atoms with Crippen molar-refractivity contribution in [2.75, 3.05) is 5.33 Å². The number of halogens is 1. The second kappa shape index (κ2) is 5.10. The summed E-state index contributed by atoms with van der Waals surface area (Å²) < 4.78 is 6.07. The minimum Gasteiger partial charge on any atom is -0.410 e. The topological polar surface area (TPSA) is 9.23 Å². The molecule has 0 bridgehead atoms. The van der Waals surface area contributed by atoms with Crippen LogP contribution < -0.4 is 0 Å². The third-order valence-electron chi connectivity index (χ3n) is 1.81. The Labute approximate surface area is 95.7 Å². The molecule has 0 saturated carbocycles. The molecule has 1 aromatic rings. The smallest absolute Gasteiger partial charge is 0.184 e. The predicted molar refractivity (Wildman–Crippen MR) is 67.4 cm³/mol. The van der Waals surface area contributed by atoms with Crippen LogP contribution in [-0.4, -0.2) is 13.6 Å². The van der Waals surface area contributed by atoms with Gasteiger partial charge in [-0.05, 0) is 25.2 Å². The number of hydrogen-bond acceptors (Lipinski definition) is 1. The lowest BCUT2D eigenvalue weighted by Crippen LogP contribution is -2.28. The molecule has 0 fully saturated rings. The summed E-state index contributed by atoms with van der Waals surface area (Å²) in [5, 5.41) is 0.862. The fourth-order valence-corrected chi connectivity index (χ4v) is 3.11. The third kappa shape index (κ3) is 3.94. The van der Waals surface area contributed by atoms with Crippen molar-refractivity contribution < 1.29 is 4.43 Å². The van der Waals surface area contributed by atoms with Crippen molar-refractivity contribution in [2.24, 2.45) is 0 Å². The van der Waals surface area contributed by atoms with Gasteiger partial charge in [0, 0.05) is 5.33 Å². The maximum absolute atomic E-state index is 6.07. The summed E-state index contributed by atoms with van der Waals surface area (Å²) in [6.45, 7) is 6.64. The van der Waals surface area contributed by atoms with Crippen molar-refractivity contribution in [1.29, 1.82) is 0 Å². The van der Waals surface area contributed by atoms with E-state index in [9.17, 15) is 0 Å². The van der Waals surface area contributed by atoms with Crippen LogP contribution in [0.1, 0.15) is 11.7 Å². The zero-order chi connectivity index (χ0) is 10.6. The van der Waals surface area contributed by atoms with Gasteiger partial charge in [-0.15, -0.1) is 0 Å². The lowest BCUT2D eigenvalue weighted by atomic mass is 10.1. The van der Waals surface area contributed by atoms with E-state index < -0.39 is 8.32 Å². The van der Waals surface area contributed by atoms with Crippen LogP contribution in [0.25, 0.3) is 0 Å². The van der Waals surface area contributed by atoms with Crippen LogP contribution in [0.5, 0.6) is 0 Å². The van der Waals surface area contributed by atoms with E-state index in [-0.39, 0.29) is 6.10 Å². The molecule has 0 N–H and O–H groups in total. The Morgan fingerprint density at radius 2 is 1.79 bits per heavy atom. The Morgan fingerprint density at radius 3 is 2.21 bits per heavy atom. The zero-order valence-electron chi connectivity index (χ0n) is 8.96. The summed E-state index contributed by atoms with van der Waals surface area (Å²) in [5.74, 6) is 0. The van der Waals surface area contributed by atoms with Gasteiger partial charge >= 0.3 is 0 Å². The molecule has 0 spiro atoms. The van der Waals surface area contributed by atoms with E-state index in [1.165, 1.54) is 5.56 Å². The third-order valence-corrected chi connectivity index (χ3v) is 3.39. The van der Waals surface area contributed by atoms with E-state index in [0.29, 0.717) is 0 Å². The standard InChI is InChI=1S/C11H17BrOSi/c1-14(2,3)13-11(9-12)10-7-5-4-6-8-10/h4-8,11H,9H2,1-3H3. The van der Waals surface area contributed by atoms with Gasteiger partial charge in [-0.25, -0.2) is 0 Å². The van der Waals surface area contributed by atoms with Crippen molar-refractivity contribution in [3.05, 3.63) is 35.9 Å². The summed E-state index contributed by atoms with van der Waals surface area (Å²) in [7, 11) is -1.45. The summed E-state index contributed by atoms with van der Waals surface area (Å²) in [6, 6.07) is 10.4. The molecule has 0 aliphatic rings. The van der Waals surface area contributed by atoms with Crippen LogP contribution in [0.15, 0.2) is 30.3 Å². The lowest BCUT2D eigenvalue weighted by molar-refractivity contribution is 0.225. The maximum atomic E-state index is 6.07. The van der Waals surface area contributed by atoms with Gasteiger partial charge in [0.25, 0.3) is 0 Å². The molecule has 14 heavy (non-hydrogen) atoms. The second-order valence-corrected chi connectivity index (χ2v) is 9.39. The number of alkyl halides is 1. The molecule has 0 saturated heterocycles. The molecule has 1 rings (SSSR count). The van der Waals surface area contributed by atoms with Crippen LogP contribution in [0.3, 0.4) is 0 Å². The number of hydrogen-bond donors (Lipinski definition) is 0. The quantitative estimate of drug-likeness (QED) is 0.595. The number of benzene rings is 1. The summed E-state index contributed by atoms with van der Waals surface area (Å²) in [6.07, 6.45) is 0.197. The van der Waals surface area contributed by atoms with Gasteiger partial charge in [0.15, 0.2) is 8.32 Å². The molecular weight excluding hydrogens is 256 g/mol. The van der Waals surface area contributed by atoms with Gasteiger partial charge < -0.3 is 4.43 Å². The van der Waals surface area contributed by atoms with Gasteiger partial charge in [0.2, 0.25) is 0 Å². The largest absolute Gasteiger partial charge is 0.410 e. The van der Waals surface area contributed by atoms with E-state index in [1.807, 2.05) is 6.07 Å². The first-order valence-corrected chi connectivity index (χ1v) is 9.34. The van der Waals surface area contributed by atoms with E-state index in [4.69, 9.17) is 4.43 Å². The normalized spacial score (nSPS) is 14.0. The molecule has 0 aliphatic heterocycles. The summed E-state index contributed by atoms with van der Waals surface area (Å²) in [4.78, 5) is 0. The van der Waals surface area contributed by atoms with Gasteiger partial charge in [0.05, 0.1) is 6.10 Å². The maximum Gasteiger partial charge on any atom is 0.184 e. The highest BCUT2D eigenvalue weighted by Gasteiger charge is 2.21. The molecule has 0 amide bonds. The first-order chi connectivity index (χ1) is 6.53. The molecule has 1 atom stereocenters. The van der Waals surface area contributed by atoms with E-state index in [1.54, 1.807) is 0 Å². The summed E-state index contributed by atoms with van der Waals surface area (Å²) >= 11 is 3.50. The van der Waals surface area contributed by atoms with E-state index in [0.717, 1.165) is 5.33 Å². The molecule has 0 aromatic heterocycles. The minimum atomic E-state index is -1.45. The van der Waals surface area contributed by atoms with Crippen LogP contribution in [0.4, 0.5) is 0 Å². The van der Waals surface area contributed by atoms with Crippen LogP contribution >= 0.6 is 15.9 Å². The minimum absolute atomic E-state index is 0.197. The molecular formula is C11H17BrOSi. The van der Waals surface area contributed by atoms with Crippen molar-refractivity contribution in [1.82, 2.24) is 0 Å².